The molecule has 1 aromatic heterocycles. The minimum absolute atomic E-state index is 0.193. The third-order valence-corrected chi connectivity index (χ3v) is 5.23. The van der Waals surface area contributed by atoms with Crippen LogP contribution in [0.3, 0.4) is 0 Å². The monoisotopic (exact) mass is 307 g/mol. The maximum atomic E-state index is 10.9. The van der Waals surface area contributed by atoms with Gasteiger partial charge in [-0.15, -0.1) is 11.3 Å². The second-order valence-electron chi connectivity index (χ2n) is 4.80. The van der Waals surface area contributed by atoms with Crippen molar-refractivity contribution in [3.8, 4) is 0 Å². The summed E-state index contributed by atoms with van der Waals surface area (Å²) in [6.07, 6.45) is 0. The summed E-state index contributed by atoms with van der Waals surface area (Å²) < 4.78 is 1.42. The number of carboxylic acids is 1. The second kappa shape index (κ2) is 5.37. The van der Waals surface area contributed by atoms with Crippen molar-refractivity contribution in [3.05, 3.63) is 20.3 Å². The van der Waals surface area contributed by atoms with E-state index < -0.39 is 5.97 Å². The fourth-order valence-corrected chi connectivity index (χ4v) is 3.85. The van der Waals surface area contributed by atoms with Gasteiger partial charge in [-0.3, -0.25) is 9.69 Å². The van der Waals surface area contributed by atoms with Crippen molar-refractivity contribution in [2.75, 3.05) is 13.1 Å². The molecule has 0 bridgehead atoms. The van der Waals surface area contributed by atoms with Gasteiger partial charge in [-0.2, -0.15) is 0 Å². The van der Waals surface area contributed by atoms with Gasteiger partial charge < -0.3 is 5.11 Å². The summed E-state index contributed by atoms with van der Waals surface area (Å²) in [6.45, 7) is 5.45. The van der Waals surface area contributed by atoms with Crippen molar-refractivity contribution in [2.45, 2.75) is 19.9 Å². The Bertz CT molecular complexity index is 457. The van der Waals surface area contributed by atoms with E-state index in [0.29, 0.717) is 4.34 Å². The Labute approximate surface area is 120 Å². The molecule has 2 atom stereocenters. The van der Waals surface area contributed by atoms with Gasteiger partial charge in [0.05, 0.1) is 14.6 Å². The van der Waals surface area contributed by atoms with Crippen molar-refractivity contribution in [1.82, 2.24) is 4.90 Å². The lowest BCUT2D eigenvalue weighted by Gasteiger charge is -2.44. The summed E-state index contributed by atoms with van der Waals surface area (Å²) >= 11 is 13.4. The zero-order valence-electron chi connectivity index (χ0n) is 10.2. The summed E-state index contributed by atoms with van der Waals surface area (Å²) in [4.78, 5) is 13.1. The van der Waals surface area contributed by atoms with E-state index in [1.165, 1.54) is 11.3 Å². The Morgan fingerprint density at radius 1 is 1.50 bits per heavy atom. The van der Waals surface area contributed by atoms with Crippen molar-refractivity contribution in [2.24, 2.45) is 11.8 Å². The van der Waals surface area contributed by atoms with Gasteiger partial charge in [0.1, 0.15) is 0 Å². The molecule has 0 amide bonds. The number of carboxylic acid groups (broad SMARTS) is 1. The number of halogens is 2. The molecule has 1 fully saturated rings. The summed E-state index contributed by atoms with van der Waals surface area (Å²) in [7, 11) is 0. The average Bonchev–Trinajstić information content (AvgIpc) is 2.55. The first-order chi connectivity index (χ1) is 8.40. The fraction of sp³-hybridized carbons (Fsp3) is 0.583. The van der Waals surface area contributed by atoms with Gasteiger partial charge >= 0.3 is 5.97 Å². The molecule has 1 saturated heterocycles. The van der Waals surface area contributed by atoms with Crippen molar-refractivity contribution in [3.63, 3.8) is 0 Å². The first-order valence-corrected chi connectivity index (χ1v) is 7.39. The molecule has 0 radical (unpaired) electrons. The highest BCUT2D eigenvalue weighted by Crippen LogP contribution is 2.40. The molecule has 100 valence electrons. The average molecular weight is 308 g/mol. The van der Waals surface area contributed by atoms with Crippen LogP contribution in [0.2, 0.25) is 8.67 Å². The number of carbonyl (C=O) groups is 1. The number of nitrogens with zero attached hydrogens (tertiary/aromatic N) is 1. The third kappa shape index (κ3) is 2.67. The van der Waals surface area contributed by atoms with Crippen LogP contribution in [0, 0.1) is 11.8 Å². The van der Waals surface area contributed by atoms with E-state index in [4.69, 9.17) is 28.3 Å². The molecule has 0 aromatic carbocycles. The first kappa shape index (κ1) is 14.1. The highest BCUT2D eigenvalue weighted by molar-refractivity contribution is 7.20. The Kier molecular flexibility index (Phi) is 4.22. The Morgan fingerprint density at radius 2 is 2.11 bits per heavy atom. The van der Waals surface area contributed by atoms with Crippen LogP contribution < -0.4 is 0 Å². The summed E-state index contributed by atoms with van der Waals surface area (Å²) in [6, 6.07) is 2.09. The topological polar surface area (TPSA) is 40.5 Å². The van der Waals surface area contributed by atoms with Gasteiger partial charge in [0.15, 0.2) is 0 Å². The lowest BCUT2D eigenvalue weighted by molar-refractivity contribution is -0.145. The van der Waals surface area contributed by atoms with Crippen LogP contribution in [0.5, 0.6) is 0 Å². The first-order valence-electron chi connectivity index (χ1n) is 5.81. The molecular formula is C12H15Cl2NO2S. The highest BCUT2D eigenvalue weighted by atomic mass is 35.5. The van der Waals surface area contributed by atoms with E-state index in [9.17, 15) is 4.79 Å². The second-order valence-corrected chi connectivity index (χ2v) is 7.08. The zero-order chi connectivity index (χ0) is 13.4. The van der Waals surface area contributed by atoms with Crippen LogP contribution >= 0.6 is 34.5 Å². The Balaban J connectivity index is 1.96. The van der Waals surface area contributed by atoms with Crippen LogP contribution in [0.4, 0.5) is 0 Å². The smallest absolute Gasteiger partial charge is 0.306 e. The van der Waals surface area contributed by atoms with Gasteiger partial charge in [-0.1, -0.05) is 30.1 Å². The zero-order valence-corrected chi connectivity index (χ0v) is 12.5. The van der Waals surface area contributed by atoms with Crippen LogP contribution in [-0.4, -0.2) is 29.1 Å². The van der Waals surface area contributed by atoms with Gasteiger partial charge in [-0.25, -0.2) is 0 Å². The normalized spacial score (nSPS) is 20.4. The van der Waals surface area contributed by atoms with Crippen molar-refractivity contribution in [1.29, 1.82) is 0 Å². The maximum absolute atomic E-state index is 10.9. The molecule has 3 nitrogen and oxygen atoms in total. The van der Waals surface area contributed by atoms with Crippen LogP contribution in [-0.2, 0) is 4.79 Å². The number of aliphatic carboxylic acids is 1. The van der Waals surface area contributed by atoms with Gasteiger partial charge in [-0.05, 0) is 18.9 Å². The predicted molar refractivity (Wildman–Crippen MR) is 74.6 cm³/mol. The van der Waals surface area contributed by atoms with E-state index >= 15 is 0 Å². The molecule has 1 aliphatic rings. The molecular weight excluding hydrogens is 293 g/mol. The van der Waals surface area contributed by atoms with Crippen LogP contribution in [0.15, 0.2) is 6.07 Å². The third-order valence-electron chi connectivity index (χ3n) is 3.72. The summed E-state index contributed by atoms with van der Waals surface area (Å²) in [5.41, 5.74) is 1.04. The van der Waals surface area contributed by atoms with Gasteiger partial charge in [0.25, 0.3) is 0 Å². The largest absolute Gasteiger partial charge is 0.481 e. The molecule has 0 aliphatic carbocycles. The lowest BCUT2D eigenvalue weighted by Crippen LogP contribution is -2.51. The molecule has 2 unspecified atom stereocenters. The minimum Gasteiger partial charge on any atom is -0.481 e. The standard InChI is InChI=1S/C12H15Cl2NO2S/c1-6(12(16)17)8-4-15(5-8)7(2)9-3-10(13)18-11(9)14/h3,6-8H,4-5H2,1-2H3,(H,16,17). The number of thiophene rings is 1. The van der Waals surface area contributed by atoms with E-state index in [0.717, 1.165) is 23.0 Å². The minimum atomic E-state index is -0.719. The van der Waals surface area contributed by atoms with Crippen molar-refractivity contribution < 1.29 is 9.90 Å². The van der Waals surface area contributed by atoms with Gasteiger partial charge in [0.2, 0.25) is 0 Å². The molecule has 0 saturated carbocycles. The quantitative estimate of drug-likeness (QED) is 0.920. The highest BCUT2D eigenvalue weighted by Gasteiger charge is 2.37. The molecule has 1 aromatic rings. The molecule has 1 aliphatic heterocycles. The number of likely N-dealkylation sites (tertiary alicyclic amines) is 1. The van der Waals surface area contributed by atoms with Gasteiger partial charge in [0, 0.05) is 24.7 Å². The molecule has 2 rings (SSSR count). The number of rotatable bonds is 4. The van der Waals surface area contributed by atoms with E-state index in [2.05, 4.69) is 11.8 Å². The molecule has 18 heavy (non-hydrogen) atoms. The van der Waals surface area contributed by atoms with Crippen molar-refractivity contribution >= 4 is 40.5 Å². The molecule has 2 heterocycles. The molecule has 6 heteroatoms. The van der Waals surface area contributed by atoms with E-state index in [1.807, 2.05) is 6.07 Å². The molecule has 0 spiro atoms. The SMILES string of the molecule is CC(C(=O)O)C1CN(C(C)c2cc(Cl)sc2Cl)C1. The van der Waals surface area contributed by atoms with E-state index in [-0.39, 0.29) is 17.9 Å². The number of hydrogen-bond donors (Lipinski definition) is 1. The summed E-state index contributed by atoms with van der Waals surface area (Å²) in [5.74, 6) is -0.767. The lowest BCUT2D eigenvalue weighted by atomic mass is 9.85. The Hall–Kier alpha value is -0.290. The Morgan fingerprint density at radius 3 is 2.56 bits per heavy atom. The number of hydrogen-bond acceptors (Lipinski definition) is 3. The fourth-order valence-electron chi connectivity index (χ4n) is 2.22. The summed E-state index contributed by atoms with van der Waals surface area (Å²) in [5, 5.41) is 8.95. The molecule has 1 N–H and O–H groups in total. The maximum Gasteiger partial charge on any atom is 0.306 e. The van der Waals surface area contributed by atoms with E-state index in [1.54, 1.807) is 6.92 Å². The van der Waals surface area contributed by atoms with Crippen LogP contribution in [0.1, 0.15) is 25.5 Å². The van der Waals surface area contributed by atoms with Crippen LogP contribution in [0.25, 0.3) is 0 Å². The predicted octanol–water partition coefficient (Wildman–Crippen LogP) is 3.77.